The highest BCUT2D eigenvalue weighted by molar-refractivity contribution is 8.68. The molecule has 1 N–H and O–H groups in total. The number of thiol groups is 1. The Kier molecular flexibility index (Phi) is 5.51. The van der Waals surface area contributed by atoms with E-state index in [0.717, 1.165) is 11.6 Å². The summed E-state index contributed by atoms with van der Waals surface area (Å²) in [6.07, 6.45) is 8.97. The molecule has 0 saturated carbocycles. The van der Waals surface area contributed by atoms with Crippen LogP contribution in [0.5, 0.6) is 0 Å². The zero-order valence-electron chi connectivity index (χ0n) is 10.0. The quantitative estimate of drug-likeness (QED) is 0.660. The molecule has 0 unspecified atom stereocenters. The maximum Gasteiger partial charge on any atom is 0.0970 e. The van der Waals surface area contributed by atoms with E-state index in [-0.39, 0.29) is 0 Å². The Hall–Kier alpha value is -1.73. The Labute approximate surface area is 120 Å². The van der Waals surface area contributed by atoms with Crippen LogP contribution < -0.4 is 5.01 Å². The lowest BCUT2D eigenvalue weighted by molar-refractivity contribution is 0.940. The molecule has 1 aliphatic heterocycles. The van der Waals surface area contributed by atoms with Crippen LogP contribution >= 0.6 is 22.5 Å². The molecule has 0 saturated heterocycles. The monoisotopic (exact) mass is 291 g/mol. The van der Waals surface area contributed by atoms with Gasteiger partial charge in [-0.15, -0.1) is 11.7 Å². The summed E-state index contributed by atoms with van der Waals surface area (Å²) in [4.78, 5) is 0. The molecule has 1 aromatic carbocycles. The molecule has 5 nitrogen and oxygen atoms in total. The summed E-state index contributed by atoms with van der Waals surface area (Å²) in [6, 6.07) is 8.19. The summed E-state index contributed by atoms with van der Waals surface area (Å²) in [7, 11) is 1.46. The van der Waals surface area contributed by atoms with E-state index in [2.05, 4.69) is 50.4 Å². The van der Waals surface area contributed by atoms with Crippen molar-refractivity contribution in [2.24, 2.45) is 5.10 Å². The minimum atomic E-state index is 0.748. The van der Waals surface area contributed by atoms with E-state index in [1.165, 1.54) is 16.4 Å². The number of fused-ring (bicyclic) bond motifs is 1. The van der Waals surface area contributed by atoms with Gasteiger partial charge in [-0.25, -0.2) is 0 Å². The van der Waals surface area contributed by atoms with E-state index >= 15 is 0 Å². The average molecular weight is 291 g/mol. The second-order valence-electron chi connectivity index (χ2n) is 3.50. The zero-order chi connectivity index (χ0) is 13.3. The smallest absolute Gasteiger partial charge is 0.0970 e. The Morgan fingerprint density at radius 1 is 1.21 bits per heavy atom. The lowest BCUT2D eigenvalue weighted by Gasteiger charge is -2.18. The van der Waals surface area contributed by atoms with E-state index in [4.69, 9.17) is 0 Å². The van der Waals surface area contributed by atoms with Gasteiger partial charge in [0, 0.05) is 6.21 Å². The van der Waals surface area contributed by atoms with Crippen LogP contribution in [0.2, 0.25) is 0 Å². The second kappa shape index (κ2) is 7.65. The predicted molar refractivity (Wildman–Crippen MR) is 84.3 cm³/mol. The van der Waals surface area contributed by atoms with E-state index < -0.39 is 0 Å². The van der Waals surface area contributed by atoms with Gasteiger partial charge in [0.15, 0.2) is 0 Å². The number of para-hydroxylation sites is 1. The van der Waals surface area contributed by atoms with Gasteiger partial charge in [0.25, 0.3) is 0 Å². The lowest BCUT2D eigenvalue weighted by atomic mass is 10.1. The number of nitrogens with one attached hydrogen (secondary N) is 1. The van der Waals surface area contributed by atoms with Gasteiger partial charge in [0.2, 0.25) is 0 Å². The standard InChI is InChI=1S/C10H10N2S2.C2H3N3/c13-14-8-12-10-6-2-1-4-9(10)5-3-7-11-12;1-2-4-5-3-1/h1-7,13H,8H2;1-2H,(H,3,4,5). The molecule has 1 aliphatic rings. The highest BCUT2D eigenvalue weighted by atomic mass is 33.1. The molecule has 0 atom stereocenters. The summed E-state index contributed by atoms with van der Waals surface area (Å²) in [5.41, 5.74) is 2.31. The Balaban J connectivity index is 0.000000224. The molecule has 0 amide bonds. The first-order valence-electron chi connectivity index (χ1n) is 5.55. The van der Waals surface area contributed by atoms with E-state index in [1.54, 1.807) is 18.6 Å². The van der Waals surface area contributed by atoms with Crippen molar-refractivity contribution in [3.63, 3.8) is 0 Å². The summed E-state index contributed by atoms with van der Waals surface area (Å²) in [5, 5.41) is 15.6. The third-order valence-corrected chi connectivity index (χ3v) is 3.00. The third-order valence-electron chi connectivity index (χ3n) is 2.29. The molecular formula is C12H13N5S2. The number of H-pyrrole nitrogens is 1. The van der Waals surface area contributed by atoms with Gasteiger partial charge in [0.1, 0.15) is 0 Å². The van der Waals surface area contributed by atoms with Crippen LogP contribution in [-0.4, -0.2) is 27.5 Å². The van der Waals surface area contributed by atoms with Crippen LogP contribution in [-0.2, 0) is 0 Å². The number of benzene rings is 1. The normalized spacial score (nSPS) is 12.4. The van der Waals surface area contributed by atoms with Crippen molar-refractivity contribution in [2.45, 2.75) is 0 Å². The number of aromatic amines is 1. The third kappa shape index (κ3) is 4.15. The van der Waals surface area contributed by atoms with Crippen LogP contribution in [0.4, 0.5) is 5.69 Å². The van der Waals surface area contributed by atoms with E-state index in [9.17, 15) is 0 Å². The first-order valence-corrected chi connectivity index (χ1v) is 7.59. The Morgan fingerprint density at radius 3 is 2.68 bits per heavy atom. The maximum absolute atomic E-state index is 4.31. The molecule has 2 heterocycles. The summed E-state index contributed by atoms with van der Waals surface area (Å²) >= 11 is 4.14. The molecule has 0 aliphatic carbocycles. The average Bonchev–Trinajstić information content (AvgIpc) is 2.96. The molecule has 7 heteroatoms. The highest BCUT2D eigenvalue weighted by Crippen LogP contribution is 2.25. The summed E-state index contributed by atoms with van der Waals surface area (Å²) < 4.78 is 0. The number of allylic oxidation sites excluding steroid dienone is 1. The largest absolute Gasteiger partial charge is 0.254 e. The molecule has 0 spiro atoms. The lowest BCUT2D eigenvalue weighted by Crippen LogP contribution is -2.14. The van der Waals surface area contributed by atoms with Gasteiger partial charge in [-0.05, 0) is 17.7 Å². The SMILES string of the molecule is SSCN1N=CC=Cc2ccccc21.c1cn[nH]n1. The van der Waals surface area contributed by atoms with Crippen LogP contribution in [0, 0.1) is 0 Å². The highest BCUT2D eigenvalue weighted by Gasteiger charge is 2.08. The molecule has 3 rings (SSSR count). The molecule has 0 radical (unpaired) electrons. The zero-order valence-corrected chi connectivity index (χ0v) is 11.8. The molecule has 1 aromatic heterocycles. The van der Waals surface area contributed by atoms with Crippen LogP contribution in [0.3, 0.4) is 0 Å². The fraction of sp³-hybridized carbons (Fsp3) is 0.0833. The topological polar surface area (TPSA) is 57.2 Å². The molecule has 2 aromatic rings. The molecule has 0 bridgehead atoms. The van der Waals surface area contributed by atoms with Gasteiger partial charge in [-0.1, -0.05) is 35.1 Å². The number of hydrogen-bond donors (Lipinski definition) is 2. The Morgan fingerprint density at radius 2 is 2.00 bits per heavy atom. The van der Waals surface area contributed by atoms with Crippen LogP contribution in [0.1, 0.15) is 5.56 Å². The minimum absolute atomic E-state index is 0.748. The van der Waals surface area contributed by atoms with E-state index in [0.29, 0.717) is 0 Å². The van der Waals surface area contributed by atoms with Gasteiger partial charge >= 0.3 is 0 Å². The Bertz CT molecular complexity index is 522. The van der Waals surface area contributed by atoms with Crippen LogP contribution in [0.15, 0.2) is 47.8 Å². The number of hydrogen-bond acceptors (Lipinski definition) is 6. The van der Waals surface area contributed by atoms with Gasteiger partial charge in [-0.3, -0.25) is 5.01 Å². The van der Waals surface area contributed by atoms with Crippen molar-refractivity contribution in [1.29, 1.82) is 0 Å². The number of anilines is 1. The fourth-order valence-electron chi connectivity index (χ4n) is 1.52. The van der Waals surface area contributed by atoms with Crippen LogP contribution in [0.25, 0.3) is 6.08 Å². The van der Waals surface area contributed by atoms with E-state index in [1.807, 2.05) is 23.2 Å². The number of hydrazone groups is 1. The number of rotatable bonds is 2. The first-order chi connectivity index (χ1) is 9.42. The molecule has 19 heavy (non-hydrogen) atoms. The summed E-state index contributed by atoms with van der Waals surface area (Å²) in [5.74, 6) is 0.748. The predicted octanol–water partition coefficient (Wildman–Crippen LogP) is 2.85. The molecule has 98 valence electrons. The number of aromatic nitrogens is 3. The maximum atomic E-state index is 4.31. The second-order valence-corrected chi connectivity index (χ2v) is 4.79. The summed E-state index contributed by atoms with van der Waals surface area (Å²) in [6.45, 7) is 0. The minimum Gasteiger partial charge on any atom is -0.254 e. The van der Waals surface area contributed by atoms with Crippen molar-refractivity contribution in [3.05, 3.63) is 48.3 Å². The van der Waals surface area contributed by atoms with Crippen molar-refractivity contribution in [3.8, 4) is 0 Å². The van der Waals surface area contributed by atoms with Crippen molar-refractivity contribution >= 4 is 40.4 Å². The van der Waals surface area contributed by atoms with Gasteiger partial charge < -0.3 is 0 Å². The fourth-order valence-corrected chi connectivity index (χ4v) is 2.16. The molecule has 0 fully saturated rings. The first kappa shape index (κ1) is 13.7. The number of nitrogens with zero attached hydrogens (tertiary/aromatic N) is 4. The van der Waals surface area contributed by atoms with Gasteiger partial charge in [-0.2, -0.15) is 20.5 Å². The van der Waals surface area contributed by atoms with Crippen molar-refractivity contribution < 1.29 is 0 Å². The molecular weight excluding hydrogens is 278 g/mol. The van der Waals surface area contributed by atoms with Crippen molar-refractivity contribution in [1.82, 2.24) is 15.4 Å². The van der Waals surface area contributed by atoms with Gasteiger partial charge in [0.05, 0.1) is 24.0 Å². The van der Waals surface area contributed by atoms with Crippen molar-refractivity contribution in [2.75, 3.05) is 10.9 Å².